The first-order valence-corrected chi connectivity index (χ1v) is 5.46. The third-order valence-electron chi connectivity index (χ3n) is 2.68. The molecule has 1 amide bonds. The van der Waals surface area contributed by atoms with Crippen molar-refractivity contribution in [1.82, 2.24) is 14.9 Å². The summed E-state index contributed by atoms with van der Waals surface area (Å²) in [5, 5.41) is 9.55. The van der Waals surface area contributed by atoms with Crippen molar-refractivity contribution in [3.63, 3.8) is 0 Å². The predicted molar refractivity (Wildman–Crippen MR) is 62.5 cm³/mol. The smallest absolute Gasteiger partial charge is 0.242 e. The molecule has 1 aliphatic heterocycles. The maximum atomic E-state index is 11.8. The van der Waals surface area contributed by atoms with E-state index >= 15 is 0 Å². The van der Waals surface area contributed by atoms with E-state index in [2.05, 4.69) is 9.97 Å². The predicted octanol–water partition coefficient (Wildman–Crippen LogP) is -0.494. The summed E-state index contributed by atoms with van der Waals surface area (Å²) >= 11 is 0. The highest BCUT2D eigenvalue weighted by atomic mass is 16.3. The molecular formula is C11H16N4O2. The van der Waals surface area contributed by atoms with E-state index in [1.807, 2.05) is 0 Å². The molecule has 0 atom stereocenters. The summed E-state index contributed by atoms with van der Waals surface area (Å²) < 4.78 is 0. The molecule has 0 bridgehead atoms. The number of carbonyl (C=O) groups excluding carboxylic acids is 1. The molecule has 2 heterocycles. The summed E-state index contributed by atoms with van der Waals surface area (Å²) in [5.41, 5.74) is -0.725. The van der Waals surface area contributed by atoms with Gasteiger partial charge in [-0.05, 0) is 13.0 Å². The zero-order chi connectivity index (χ0) is 12.5. The van der Waals surface area contributed by atoms with Crippen LogP contribution in [-0.2, 0) is 4.79 Å². The summed E-state index contributed by atoms with van der Waals surface area (Å²) in [6.07, 6.45) is 3.27. The van der Waals surface area contributed by atoms with Crippen LogP contribution in [-0.4, -0.2) is 58.2 Å². The van der Waals surface area contributed by atoms with E-state index in [0.717, 1.165) is 0 Å². The molecular weight excluding hydrogens is 220 g/mol. The minimum Gasteiger partial charge on any atom is -0.386 e. The fourth-order valence-electron chi connectivity index (χ4n) is 1.81. The van der Waals surface area contributed by atoms with Crippen LogP contribution in [0.4, 0.5) is 5.95 Å². The molecule has 92 valence electrons. The molecule has 0 radical (unpaired) electrons. The minimum absolute atomic E-state index is 0.0218. The lowest BCUT2D eigenvalue weighted by atomic mass is 9.97. The van der Waals surface area contributed by atoms with Crippen molar-refractivity contribution in [2.75, 3.05) is 31.6 Å². The van der Waals surface area contributed by atoms with Crippen molar-refractivity contribution in [2.45, 2.75) is 12.5 Å². The van der Waals surface area contributed by atoms with Crippen LogP contribution in [0.5, 0.6) is 0 Å². The quantitative estimate of drug-likeness (QED) is 0.766. The van der Waals surface area contributed by atoms with Crippen molar-refractivity contribution < 1.29 is 9.90 Å². The number of hydrogen-bond donors (Lipinski definition) is 1. The second-order valence-electron chi connectivity index (χ2n) is 4.65. The van der Waals surface area contributed by atoms with Gasteiger partial charge in [0.2, 0.25) is 11.9 Å². The number of carbonyl (C=O) groups is 1. The fourth-order valence-corrected chi connectivity index (χ4v) is 1.81. The molecule has 0 aromatic carbocycles. The zero-order valence-corrected chi connectivity index (χ0v) is 10.00. The second-order valence-corrected chi connectivity index (χ2v) is 4.65. The van der Waals surface area contributed by atoms with Crippen molar-refractivity contribution in [3.05, 3.63) is 18.5 Å². The van der Waals surface area contributed by atoms with E-state index in [1.54, 1.807) is 42.2 Å². The minimum atomic E-state index is -0.725. The summed E-state index contributed by atoms with van der Waals surface area (Å²) in [4.78, 5) is 23.2. The van der Waals surface area contributed by atoms with Gasteiger partial charge in [0, 0.05) is 19.4 Å². The molecule has 6 nitrogen and oxygen atoms in total. The monoisotopic (exact) mass is 236 g/mol. The van der Waals surface area contributed by atoms with Crippen molar-refractivity contribution in [1.29, 1.82) is 0 Å². The number of aliphatic hydroxyl groups is 1. The van der Waals surface area contributed by atoms with Gasteiger partial charge in [0.05, 0.1) is 25.2 Å². The van der Waals surface area contributed by atoms with Crippen LogP contribution >= 0.6 is 0 Å². The van der Waals surface area contributed by atoms with Crippen molar-refractivity contribution in [2.24, 2.45) is 0 Å². The Hall–Kier alpha value is -1.69. The highest BCUT2D eigenvalue weighted by molar-refractivity contribution is 5.81. The normalized spacial score (nSPS) is 17.5. The van der Waals surface area contributed by atoms with Crippen molar-refractivity contribution in [3.8, 4) is 0 Å². The number of hydrogen-bond acceptors (Lipinski definition) is 5. The summed E-state index contributed by atoms with van der Waals surface area (Å²) in [6, 6.07) is 1.73. The molecule has 0 aliphatic carbocycles. The molecule has 2 rings (SSSR count). The molecule has 1 saturated heterocycles. The lowest BCUT2D eigenvalue weighted by molar-refractivity contribution is -0.150. The number of amides is 1. The maximum absolute atomic E-state index is 11.8. The van der Waals surface area contributed by atoms with Gasteiger partial charge < -0.3 is 14.9 Å². The third-order valence-corrected chi connectivity index (χ3v) is 2.68. The number of aromatic nitrogens is 2. The topological polar surface area (TPSA) is 69.6 Å². The molecule has 1 fully saturated rings. The van der Waals surface area contributed by atoms with Crippen LogP contribution in [0.15, 0.2) is 18.5 Å². The molecule has 1 aliphatic rings. The van der Waals surface area contributed by atoms with Gasteiger partial charge >= 0.3 is 0 Å². The molecule has 6 heteroatoms. The van der Waals surface area contributed by atoms with Gasteiger partial charge in [-0.2, -0.15) is 0 Å². The first-order chi connectivity index (χ1) is 7.98. The summed E-state index contributed by atoms with van der Waals surface area (Å²) in [7, 11) is 1.77. The molecule has 17 heavy (non-hydrogen) atoms. The number of nitrogens with zero attached hydrogens (tertiary/aromatic N) is 4. The molecule has 0 unspecified atom stereocenters. The third kappa shape index (κ3) is 2.71. The Kier molecular flexibility index (Phi) is 2.97. The van der Waals surface area contributed by atoms with E-state index in [-0.39, 0.29) is 12.5 Å². The molecule has 0 spiro atoms. The van der Waals surface area contributed by atoms with Crippen LogP contribution in [0.25, 0.3) is 0 Å². The van der Waals surface area contributed by atoms with E-state index in [0.29, 0.717) is 19.0 Å². The Morgan fingerprint density at radius 2 is 2.12 bits per heavy atom. The highest BCUT2D eigenvalue weighted by Crippen LogP contribution is 2.19. The number of anilines is 1. The Bertz CT molecular complexity index is 399. The van der Waals surface area contributed by atoms with E-state index in [9.17, 15) is 9.90 Å². The standard InChI is InChI=1S/C11H16N4O2/c1-11(17)7-15(8-11)9(16)6-14(2)10-12-4-3-5-13-10/h3-5,17H,6-8H2,1-2H3. The number of β-amino-alcohol motifs (C(OH)–C–C–N with tert-alkyl or cyclic N) is 1. The molecule has 1 aromatic heterocycles. The first-order valence-electron chi connectivity index (χ1n) is 5.46. The van der Waals surface area contributed by atoms with Gasteiger partial charge in [-0.15, -0.1) is 0 Å². The second kappa shape index (κ2) is 4.29. The van der Waals surface area contributed by atoms with E-state index in [4.69, 9.17) is 0 Å². The molecule has 1 N–H and O–H groups in total. The van der Waals surface area contributed by atoms with E-state index < -0.39 is 5.60 Å². The van der Waals surface area contributed by atoms with Crippen LogP contribution in [0.2, 0.25) is 0 Å². The lowest BCUT2D eigenvalue weighted by Gasteiger charge is -2.44. The van der Waals surface area contributed by atoms with Gasteiger partial charge in [-0.1, -0.05) is 0 Å². The number of likely N-dealkylation sites (N-methyl/N-ethyl adjacent to an activating group) is 1. The van der Waals surface area contributed by atoms with Crippen LogP contribution in [0, 0.1) is 0 Å². The Balaban J connectivity index is 1.88. The highest BCUT2D eigenvalue weighted by Gasteiger charge is 2.39. The molecule has 1 aromatic rings. The Morgan fingerprint density at radius 3 is 2.65 bits per heavy atom. The van der Waals surface area contributed by atoms with Crippen molar-refractivity contribution >= 4 is 11.9 Å². The SMILES string of the molecule is CN(CC(=O)N1CC(C)(O)C1)c1ncccn1. The van der Waals surface area contributed by atoms with Gasteiger partial charge in [-0.3, -0.25) is 4.79 Å². The average molecular weight is 236 g/mol. The van der Waals surface area contributed by atoms with Gasteiger partial charge in [0.15, 0.2) is 0 Å². The number of rotatable bonds is 3. The summed E-state index contributed by atoms with van der Waals surface area (Å²) in [6.45, 7) is 2.74. The van der Waals surface area contributed by atoms with Gasteiger partial charge in [0.1, 0.15) is 0 Å². The first kappa shape index (κ1) is 11.8. The van der Waals surface area contributed by atoms with Crippen LogP contribution in [0.3, 0.4) is 0 Å². The molecule has 0 saturated carbocycles. The lowest BCUT2D eigenvalue weighted by Crippen LogP contribution is -2.63. The van der Waals surface area contributed by atoms with Gasteiger partial charge in [-0.25, -0.2) is 9.97 Å². The number of likely N-dealkylation sites (tertiary alicyclic amines) is 1. The Morgan fingerprint density at radius 1 is 1.53 bits per heavy atom. The summed E-state index contributed by atoms with van der Waals surface area (Å²) in [5.74, 6) is 0.500. The van der Waals surface area contributed by atoms with Gasteiger partial charge in [0.25, 0.3) is 0 Å². The largest absolute Gasteiger partial charge is 0.386 e. The fraction of sp³-hybridized carbons (Fsp3) is 0.545. The van der Waals surface area contributed by atoms with E-state index in [1.165, 1.54) is 0 Å². The van der Waals surface area contributed by atoms with Crippen LogP contribution < -0.4 is 4.90 Å². The van der Waals surface area contributed by atoms with Crippen LogP contribution in [0.1, 0.15) is 6.92 Å². The zero-order valence-electron chi connectivity index (χ0n) is 10.00. The Labute approximate surface area is 99.9 Å². The maximum Gasteiger partial charge on any atom is 0.242 e. The average Bonchev–Trinajstić information content (AvgIpc) is 2.26.